The van der Waals surface area contributed by atoms with Crippen LogP contribution in [0.1, 0.15) is 48.8 Å². The van der Waals surface area contributed by atoms with Crippen LogP contribution in [0.5, 0.6) is 0 Å². The van der Waals surface area contributed by atoms with E-state index in [0.29, 0.717) is 34.9 Å². The van der Waals surface area contributed by atoms with Gasteiger partial charge in [-0.05, 0) is 98.8 Å². The highest BCUT2D eigenvalue weighted by Crippen LogP contribution is 2.34. The Morgan fingerprint density at radius 3 is 2.25 bits per heavy atom. The van der Waals surface area contributed by atoms with Gasteiger partial charge in [0, 0.05) is 36.1 Å². The molecule has 2 fully saturated rings. The number of fused-ring (bicyclic) bond motifs is 1. The molecule has 7 nitrogen and oxygen atoms in total. The van der Waals surface area contributed by atoms with Gasteiger partial charge in [-0.2, -0.15) is 18.2 Å². The standard InChI is InChI=1S/C33H34F4N6O/c34-25-9-4-22(5-10-25)20-43-16-14-23(15-17-43)31(44)39-27-11-6-21(7-12-27)19-38-30-28-18-24(33(35,36)37)8-13-29(28)41-32(42-30)40-26-2-1-3-26/h4-13,18,23,26H,1-3,14-17,19-20H2,(H,39,44)(H2,38,40,41,42). The zero-order chi connectivity index (χ0) is 30.7. The molecular weight excluding hydrogens is 572 g/mol. The smallest absolute Gasteiger partial charge is 0.365 e. The van der Waals surface area contributed by atoms with Crippen molar-refractivity contribution >= 4 is 34.3 Å². The minimum Gasteiger partial charge on any atom is -0.365 e. The van der Waals surface area contributed by atoms with E-state index >= 15 is 0 Å². The molecule has 1 aliphatic heterocycles. The summed E-state index contributed by atoms with van der Waals surface area (Å²) in [4.78, 5) is 24.2. The highest BCUT2D eigenvalue weighted by molar-refractivity contribution is 5.93. The van der Waals surface area contributed by atoms with Gasteiger partial charge in [-0.25, -0.2) is 9.37 Å². The fourth-order valence-corrected chi connectivity index (χ4v) is 5.58. The minimum absolute atomic E-state index is 0.0169. The number of rotatable bonds is 9. The van der Waals surface area contributed by atoms with Gasteiger partial charge < -0.3 is 16.0 Å². The maximum Gasteiger partial charge on any atom is 0.416 e. The molecule has 1 aromatic heterocycles. The molecule has 2 aliphatic rings. The summed E-state index contributed by atoms with van der Waals surface area (Å²) >= 11 is 0. The molecule has 0 atom stereocenters. The second-order valence-corrected chi connectivity index (χ2v) is 11.6. The Kier molecular flexibility index (Phi) is 8.65. The molecule has 44 heavy (non-hydrogen) atoms. The molecule has 6 rings (SSSR count). The van der Waals surface area contributed by atoms with Crippen LogP contribution < -0.4 is 16.0 Å². The number of carbonyl (C=O) groups excluding carboxylic acids is 1. The molecule has 3 aromatic carbocycles. The van der Waals surface area contributed by atoms with Crippen LogP contribution in [0.15, 0.2) is 66.7 Å². The lowest BCUT2D eigenvalue weighted by atomic mass is 9.93. The van der Waals surface area contributed by atoms with Crippen molar-refractivity contribution < 1.29 is 22.4 Å². The highest BCUT2D eigenvalue weighted by Gasteiger charge is 2.31. The van der Waals surface area contributed by atoms with Gasteiger partial charge in [0.15, 0.2) is 0 Å². The minimum atomic E-state index is -4.48. The van der Waals surface area contributed by atoms with E-state index in [9.17, 15) is 22.4 Å². The quantitative estimate of drug-likeness (QED) is 0.175. The van der Waals surface area contributed by atoms with Gasteiger partial charge in [0.1, 0.15) is 11.6 Å². The van der Waals surface area contributed by atoms with Crippen LogP contribution in [0.25, 0.3) is 10.9 Å². The Bertz CT molecular complexity index is 1600. The van der Waals surface area contributed by atoms with Crippen molar-refractivity contribution in [3.63, 3.8) is 0 Å². The first kappa shape index (κ1) is 29.8. The van der Waals surface area contributed by atoms with Crippen molar-refractivity contribution in [1.29, 1.82) is 0 Å². The Hall–Kier alpha value is -4.25. The van der Waals surface area contributed by atoms with Crippen molar-refractivity contribution in [1.82, 2.24) is 14.9 Å². The number of nitrogens with one attached hydrogen (secondary N) is 3. The Balaban J connectivity index is 1.06. The lowest BCUT2D eigenvalue weighted by Gasteiger charge is -2.31. The molecule has 230 valence electrons. The summed E-state index contributed by atoms with van der Waals surface area (Å²) in [6.45, 7) is 2.64. The molecule has 0 spiro atoms. The van der Waals surface area contributed by atoms with Gasteiger partial charge in [0.05, 0.1) is 11.1 Å². The summed E-state index contributed by atoms with van der Waals surface area (Å²) in [6.07, 6.45) is 0.161. The van der Waals surface area contributed by atoms with Crippen LogP contribution >= 0.6 is 0 Å². The summed E-state index contributed by atoms with van der Waals surface area (Å²) in [5.74, 6) is 0.365. The number of halogens is 4. The van der Waals surface area contributed by atoms with Crippen molar-refractivity contribution in [3.05, 3.63) is 89.2 Å². The Morgan fingerprint density at radius 1 is 0.886 bits per heavy atom. The number of benzene rings is 3. The summed E-state index contributed by atoms with van der Waals surface area (Å²) in [7, 11) is 0. The third-order valence-corrected chi connectivity index (χ3v) is 8.42. The second-order valence-electron chi connectivity index (χ2n) is 11.6. The van der Waals surface area contributed by atoms with Crippen molar-refractivity contribution in [3.8, 4) is 0 Å². The number of piperidine rings is 1. The number of anilines is 3. The van der Waals surface area contributed by atoms with E-state index < -0.39 is 11.7 Å². The van der Waals surface area contributed by atoms with Gasteiger partial charge in [-0.1, -0.05) is 24.3 Å². The molecule has 1 saturated carbocycles. The van der Waals surface area contributed by atoms with E-state index in [1.807, 2.05) is 24.3 Å². The number of likely N-dealkylation sites (tertiary alicyclic amines) is 1. The number of nitrogens with zero attached hydrogens (tertiary/aromatic N) is 3. The van der Waals surface area contributed by atoms with Crippen molar-refractivity contribution in [2.75, 3.05) is 29.0 Å². The summed E-state index contributed by atoms with van der Waals surface area (Å²) in [6, 6.07) is 17.7. The van der Waals surface area contributed by atoms with Crippen LogP contribution in [0.4, 0.5) is 35.0 Å². The summed E-state index contributed by atoms with van der Waals surface area (Å²) < 4.78 is 53.5. The molecule has 1 saturated heterocycles. The van der Waals surface area contributed by atoms with E-state index in [1.165, 1.54) is 18.2 Å². The van der Waals surface area contributed by atoms with Gasteiger partial charge >= 0.3 is 6.18 Å². The van der Waals surface area contributed by atoms with E-state index in [0.717, 1.165) is 75.0 Å². The summed E-state index contributed by atoms with van der Waals surface area (Å²) in [5, 5.41) is 9.79. The van der Waals surface area contributed by atoms with Crippen LogP contribution in [-0.4, -0.2) is 39.9 Å². The number of alkyl halides is 3. The molecular formula is C33H34F4N6O. The lowest BCUT2D eigenvalue weighted by molar-refractivity contribution is -0.137. The topological polar surface area (TPSA) is 82.2 Å². The molecule has 1 amide bonds. The SMILES string of the molecule is O=C(Nc1ccc(CNc2nc(NC3CCC3)nc3ccc(C(F)(F)F)cc23)cc1)C1CCN(Cc2ccc(F)cc2)CC1. The van der Waals surface area contributed by atoms with Gasteiger partial charge in [0.25, 0.3) is 0 Å². The molecule has 2 heterocycles. The van der Waals surface area contributed by atoms with Gasteiger partial charge in [0.2, 0.25) is 11.9 Å². The van der Waals surface area contributed by atoms with E-state index in [4.69, 9.17) is 0 Å². The van der Waals surface area contributed by atoms with Crippen LogP contribution in [0.2, 0.25) is 0 Å². The number of amides is 1. The Labute approximate surface area is 253 Å². The summed E-state index contributed by atoms with van der Waals surface area (Å²) in [5.41, 5.74) is 2.28. The predicted molar refractivity (Wildman–Crippen MR) is 163 cm³/mol. The average molecular weight is 607 g/mol. The largest absolute Gasteiger partial charge is 0.416 e. The predicted octanol–water partition coefficient (Wildman–Crippen LogP) is 7.21. The van der Waals surface area contributed by atoms with Crippen molar-refractivity contribution in [2.24, 2.45) is 5.92 Å². The first-order valence-electron chi connectivity index (χ1n) is 15.0. The third-order valence-electron chi connectivity index (χ3n) is 8.42. The third kappa shape index (κ3) is 7.27. The zero-order valence-corrected chi connectivity index (χ0v) is 24.1. The monoisotopic (exact) mass is 606 g/mol. The highest BCUT2D eigenvalue weighted by atomic mass is 19.4. The number of hydrogen-bond donors (Lipinski definition) is 3. The van der Waals surface area contributed by atoms with Crippen LogP contribution in [0.3, 0.4) is 0 Å². The first-order valence-corrected chi connectivity index (χ1v) is 15.0. The molecule has 4 aromatic rings. The molecule has 0 bridgehead atoms. The van der Waals surface area contributed by atoms with E-state index in [2.05, 4.69) is 30.8 Å². The lowest BCUT2D eigenvalue weighted by Crippen LogP contribution is -2.37. The van der Waals surface area contributed by atoms with Crippen LogP contribution in [-0.2, 0) is 24.1 Å². The van der Waals surface area contributed by atoms with Crippen molar-refractivity contribution in [2.45, 2.75) is 57.4 Å². The Morgan fingerprint density at radius 2 is 1.59 bits per heavy atom. The molecule has 0 radical (unpaired) electrons. The normalized spacial score (nSPS) is 16.5. The number of aromatic nitrogens is 2. The second kappa shape index (κ2) is 12.8. The maximum absolute atomic E-state index is 13.4. The van der Waals surface area contributed by atoms with Gasteiger partial charge in [-0.15, -0.1) is 0 Å². The fraction of sp³-hybridized carbons (Fsp3) is 0.364. The molecule has 11 heteroatoms. The average Bonchev–Trinajstić information content (AvgIpc) is 2.99. The number of hydrogen-bond acceptors (Lipinski definition) is 6. The first-order chi connectivity index (χ1) is 21.2. The maximum atomic E-state index is 13.4. The fourth-order valence-electron chi connectivity index (χ4n) is 5.58. The molecule has 1 aliphatic carbocycles. The molecule has 0 unspecified atom stereocenters. The number of carbonyl (C=O) groups is 1. The van der Waals surface area contributed by atoms with E-state index in [-0.39, 0.29) is 23.7 Å². The van der Waals surface area contributed by atoms with Gasteiger partial charge in [-0.3, -0.25) is 9.69 Å². The van der Waals surface area contributed by atoms with E-state index in [1.54, 1.807) is 12.1 Å². The molecule has 3 N–H and O–H groups in total. The van der Waals surface area contributed by atoms with Crippen LogP contribution in [0, 0.1) is 11.7 Å². The zero-order valence-electron chi connectivity index (χ0n) is 24.1.